The van der Waals surface area contributed by atoms with Gasteiger partial charge in [-0.2, -0.15) is 0 Å². The van der Waals surface area contributed by atoms with Gasteiger partial charge in [-0.1, -0.05) is 27.7 Å². The van der Waals surface area contributed by atoms with Crippen LogP contribution in [0.5, 0.6) is 0 Å². The minimum atomic E-state index is -1.96. The van der Waals surface area contributed by atoms with Crippen LogP contribution in [0.3, 0.4) is 0 Å². The Balaban J connectivity index is 0.00000972. The van der Waals surface area contributed by atoms with Gasteiger partial charge in [-0.3, -0.25) is 9.59 Å². The Morgan fingerprint density at radius 2 is 1.43 bits per heavy atom. The molecule has 53 heavy (non-hydrogen) atoms. The van der Waals surface area contributed by atoms with Gasteiger partial charge in [-0.15, -0.1) is 0 Å². The van der Waals surface area contributed by atoms with Crippen LogP contribution in [0.1, 0.15) is 94.9 Å². The van der Waals surface area contributed by atoms with Crippen molar-refractivity contribution in [1.82, 2.24) is 4.90 Å². The second kappa shape index (κ2) is 19.2. The van der Waals surface area contributed by atoms with Crippen LogP contribution in [-0.2, 0) is 62.2 Å². The van der Waals surface area contributed by atoms with Gasteiger partial charge in [-0.25, -0.2) is 0 Å². The van der Waals surface area contributed by atoms with Crippen molar-refractivity contribution >= 4 is 11.8 Å². The monoisotopic (exact) mass is 811 g/mol. The summed E-state index contributed by atoms with van der Waals surface area (Å²) in [6.07, 6.45) is -8.73. The number of hydrogen-bond acceptors (Lipinski definition) is 14. The van der Waals surface area contributed by atoms with E-state index in [1.807, 2.05) is 32.8 Å². The summed E-state index contributed by atoms with van der Waals surface area (Å²) in [6.45, 7) is 17.1. The summed E-state index contributed by atoms with van der Waals surface area (Å²) in [5.74, 6) is -4.47. The summed E-state index contributed by atoms with van der Waals surface area (Å²) in [4.78, 5) is 30.1. The largest absolute Gasteiger partial charge is 0.459 e. The molecular weight excluding hydrogens is 744 g/mol. The van der Waals surface area contributed by atoms with E-state index in [2.05, 4.69) is 0 Å². The number of likely N-dealkylation sites (N-methyl/N-ethyl adjacent to an activating group) is 1. The number of aliphatic hydroxyl groups excluding tert-OH is 3. The summed E-state index contributed by atoms with van der Waals surface area (Å²) >= 11 is 0. The molecule has 0 unspecified atom stereocenters. The number of carbonyl (C=O) groups excluding carboxylic acids is 2. The van der Waals surface area contributed by atoms with Gasteiger partial charge in [0.05, 0.1) is 47.6 Å². The average Bonchev–Trinajstić information content (AvgIpc) is 3.09. The predicted molar refractivity (Wildman–Crippen MR) is 191 cm³/mol. The Morgan fingerprint density at radius 3 is 1.96 bits per heavy atom. The van der Waals surface area contributed by atoms with Crippen molar-refractivity contribution in [1.29, 1.82) is 0 Å². The van der Waals surface area contributed by atoms with Crippen LogP contribution in [0.2, 0.25) is 0 Å². The number of hydrogen-bond donors (Lipinski definition) is 4. The van der Waals surface area contributed by atoms with E-state index in [4.69, 9.17) is 33.2 Å². The van der Waals surface area contributed by atoms with Crippen molar-refractivity contribution in [3.63, 3.8) is 0 Å². The maximum Gasteiger partial charge on any atom is 0.311 e. The number of methoxy groups -OCH3 is 2. The van der Waals surface area contributed by atoms with Crippen molar-refractivity contribution < 1.29 is 82.7 Å². The van der Waals surface area contributed by atoms with Crippen molar-refractivity contribution in [2.45, 2.75) is 179 Å². The van der Waals surface area contributed by atoms with Crippen LogP contribution in [0.15, 0.2) is 0 Å². The minimum Gasteiger partial charge on any atom is -0.459 e. The molecule has 0 bridgehead atoms. The van der Waals surface area contributed by atoms with E-state index in [0.717, 1.165) is 0 Å². The molecule has 306 valence electrons. The van der Waals surface area contributed by atoms with Gasteiger partial charge in [0.2, 0.25) is 0 Å². The third-order valence-electron chi connectivity index (χ3n) is 12.3. The third kappa shape index (κ3) is 10.4. The van der Waals surface area contributed by atoms with E-state index in [1.54, 1.807) is 48.5 Å². The fraction of sp³-hybridized carbons (Fsp3) is 0.947. The van der Waals surface area contributed by atoms with E-state index in [-0.39, 0.29) is 56.7 Å². The first kappa shape index (κ1) is 48.5. The van der Waals surface area contributed by atoms with E-state index in [0.29, 0.717) is 6.42 Å². The summed E-state index contributed by atoms with van der Waals surface area (Å²) in [5, 5.41) is 45.6. The normalized spacial score (nSPS) is 48.1. The molecule has 4 N–H and O–H groups in total. The number of aliphatic hydroxyl groups is 4. The molecule has 0 aliphatic carbocycles. The topological polar surface area (TPSA) is 183 Å². The quantitative estimate of drug-likeness (QED) is 0.207. The van der Waals surface area contributed by atoms with Gasteiger partial charge in [0.15, 0.2) is 12.6 Å². The van der Waals surface area contributed by atoms with Crippen LogP contribution in [0.25, 0.3) is 0 Å². The Morgan fingerprint density at radius 1 is 0.849 bits per heavy atom. The number of ketones is 1. The van der Waals surface area contributed by atoms with Crippen molar-refractivity contribution in [3.05, 3.63) is 0 Å². The van der Waals surface area contributed by atoms with Crippen molar-refractivity contribution in [2.75, 3.05) is 28.3 Å². The van der Waals surface area contributed by atoms with Crippen LogP contribution < -0.4 is 0 Å². The molecule has 0 radical (unpaired) electrons. The number of rotatable bonds is 8. The SMILES string of the molecule is CC[C@H]1OC(=O)[C@H](C)[C@@H](O[C@H]2C[C@@](C)(OC)[C@@H](O)[C@H](C)O2)[C@H](C)[C@@H](O[C@@H]2O[C@H](C)C[C@H](N(C)C)[C@H]2O)[C@](C)(OC)C[C@@H](C)C(=O)[C@H](C)[C@@H](O)[C@]1(C)O.[Zn]. The molecular formula is C38H69NO13Zn. The number of esters is 1. The van der Waals surface area contributed by atoms with Crippen LogP contribution in [-0.4, -0.2) is 150 Å². The molecule has 3 heterocycles. The first-order valence-corrected chi connectivity index (χ1v) is 18.9. The molecule has 3 aliphatic rings. The number of ether oxygens (including phenoxy) is 7. The number of cyclic esters (lactones) is 1. The van der Waals surface area contributed by atoms with Crippen molar-refractivity contribution in [2.24, 2.45) is 23.7 Å². The third-order valence-corrected chi connectivity index (χ3v) is 12.3. The van der Waals surface area contributed by atoms with E-state index >= 15 is 0 Å². The fourth-order valence-electron chi connectivity index (χ4n) is 8.58. The van der Waals surface area contributed by atoms with Crippen LogP contribution in [0, 0.1) is 23.7 Å². The summed E-state index contributed by atoms with van der Waals surface area (Å²) in [7, 11) is 6.77. The second-order valence-electron chi connectivity index (χ2n) is 16.6. The van der Waals surface area contributed by atoms with E-state index in [9.17, 15) is 30.0 Å². The summed E-state index contributed by atoms with van der Waals surface area (Å²) < 4.78 is 43.9. The molecule has 0 amide bonds. The molecule has 18 atom stereocenters. The molecule has 3 aliphatic heterocycles. The molecule has 0 spiro atoms. The summed E-state index contributed by atoms with van der Waals surface area (Å²) in [6, 6.07) is -0.283. The Bertz CT molecular complexity index is 1190. The molecule has 0 aromatic carbocycles. The molecule has 0 aromatic rings. The van der Waals surface area contributed by atoms with Gasteiger partial charge in [0, 0.05) is 63.9 Å². The molecule has 14 nitrogen and oxygen atoms in total. The van der Waals surface area contributed by atoms with E-state index < -0.39 is 102 Å². The maximum absolute atomic E-state index is 14.2. The molecule has 3 rings (SSSR count). The number of nitrogens with zero attached hydrogens (tertiary/aromatic N) is 1. The van der Waals surface area contributed by atoms with Crippen molar-refractivity contribution in [3.8, 4) is 0 Å². The fourth-order valence-corrected chi connectivity index (χ4v) is 8.58. The maximum atomic E-state index is 14.2. The predicted octanol–water partition coefficient (Wildman–Crippen LogP) is 2.44. The molecule has 15 heteroatoms. The molecule has 0 saturated carbocycles. The second-order valence-corrected chi connectivity index (χ2v) is 16.6. The molecule has 0 aromatic heterocycles. The Hall–Kier alpha value is -0.677. The van der Waals surface area contributed by atoms with Crippen LogP contribution >= 0.6 is 0 Å². The first-order chi connectivity index (χ1) is 24.0. The zero-order valence-corrected chi connectivity index (χ0v) is 37.6. The van der Waals surface area contributed by atoms with E-state index in [1.165, 1.54) is 21.1 Å². The Kier molecular flexibility index (Phi) is 17.5. The first-order valence-electron chi connectivity index (χ1n) is 18.9. The molecule has 3 saturated heterocycles. The summed E-state index contributed by atoms with van der Waals surface area (Å²) in [5.41, 5.74) is -4.24. The minimum absolute atomic E-state index is 0. The van der Waals surface area contributed by atoms with Gasteiger partial charge < -0.3 is 58.5 Å². The number of Topliss-reactive ketones (excluding diaryl/α,β-unsaturated/α-hetero) is 1. The van der Waals surface area contributed by atoms with Gasteiger partial charge in [0.25, 0.3) is 0 Å². The van der Waals surface area contributed by atoms with Gasteiger partial charge in [0.1, 0.15) is 29.7 Å². The smallest absolute Gasteiger partial charge is 0.311 e. The zero-order valence-electron chi connectivity index (χ0n) is 34.6. The average molecular weight is 813 g/mol. The number of carbonyl (C=O) groups is 2. The van der Waals surface area contributed by atoms with Gasteiger partial charge >= 0.3 is 5.97 Å². The zero-order chi connectivity index (χ0) is 39.7. The van der Waals surface area contributed by atoms with Crippen LogP contribution in [0.4, 0.5) is 0 Å². The van der Waals surface area contributed by atoms with Gasteiger partial charge in [-0.05, 0) is 74.9 Å². The Labute approximate surface area is 329 Å². The standard InChI is InChI=1S/C38H69NO13.Zn/c1-15-26-38(10,45)31(42)21(4)28(40)19(2)17-37(9,47-14)33(52-35-29(41)25(39(11)12)16-20(3)48-35)22(5)30(23(6)34(44)50-26)51-27-18-36(8,46-13)32(43)24(7)49-27;/h19-27,29-33,35,41-43,45H,15-18H2,1-14H3;/t19-,20-,21+,22+,23-,24+,25+,26-,27+,29-,30+,31-,32+,33-,35+,36-,37-,38-;/m1./s1. The molecule has 3 fully saturated rings.